The van der Waals surface area contributed by atoms with Crippen molar-refractivity contribution in [3.63, 3.8) is 0 Å². The fourth-order valence-corrected chi connectivity index (χ4v) is 1.70. The van der Waals surface area contributed by atoms with E-state index in [0.29, 0.717) is 17.9 Å². The van der Waals surface area contributed by atoms with Crippen LogP contribution in [0.4, 0.5) is 5.82 Å². The maximum absolute atomic E-state index is 11.9. The summed E-state index contributed by atoms with van der Waals surface area (Å²) >= 11 is 0. The molecular weight excluding hydrogens is 250 g/mol. The molecule has 0 saturated heterocycles. The lowest BCUT2D eigenvalue weighted by atomic mass is 10.2. The quantitative estimate of drug-likeness (QED) is 0.825. The number of carbonyl (C=O) groups is 1. The Hall–Kier alpha value is -1.43. The van der Waals surface area contributed by atoms with Crippen molar-refractivity contribution in [2.75, 3.05) is 18.5 Å². The van der Waals surface area contributed by atoms with Gasteiger partial charge in [0.2, 0.25) is 0 Å². The molecule has 0 bridgehead atoms. The molecule has 100 valence electrons. The lowest BCUT2D eigenvalue weighted by molar-refractivity contribution is 0.0954. The van der Waals surface area contributed by atoms with Gasteiger partial charge in [-0.3, -0.25) is 9.00 Å². The van der Waals surface area contributed by atoms with Crippen LogP contribution in [0, 0.1) is 0 Å². The summed E-state index contributed by atoms with van der Waals surface area (Å²) in [6.45, 7) is 4.16. The molecule has 1 heterocycles. The van der Waals surface area contributed by atoms with E-state index >= 15 is 0 Å². The van der Waals surface area contributed by atoms with Gasteiger partial charge in [-0.2, -0.15) is 0 Å². The molecule has 0 aliphatic carbocycles. The predicted molar refractivity (Wildman–Crippen MR) is 73.9 cm³/mol. The second kappa shape index (κ2) is 6.49. The molecule has 2 atom stereocenters. The zero-order valence-electron chi connectivity index (χ0n) is 10.9. The zero-order valence-corrected chi connectivity index (χ0v) is 11.7. The molecule has 1 rings (SSSR count). The van der Waals surface area contributed by atoms with E-state index in [1.807, 2.05) is 13.8 Å². The molecule has 0 aliphatic heterocycles. The number of nitrogens with one attached hydrogen (secondary N) is 1. The summed E-state index contributed by atoms with van der Waals surface area (Å²) in [4.78, 5) is 16.0. The fourth-order valence-electron chi connectivity index (χ4n) is 1.38. The Kier molecular flexibility index (Phi) is 5.27. The lowest BCUT2D eigenvalue weighted by Crippen LogP contribution is -2.32. The van der Waals surface area contributed by atoms with E-state index in [0.717, 1.165) is 12.1 Å². The Morgan fingerprint density at radius 3 is 2.78 bits per heavy atom. The van der Waals surface area contributed by atoms with Gasteiger partial charge in [0.15, 0.2) is 0 Å². The smallest absolute Gasteiger partial charge is 0.251 e. The van der Waals surface area contributed by atoms with E-state index in [1.165, 1.54) is 0 Å². The number of anilines is 1. The second-order valence-corrected chi connectivity index (χ2v) is 5.95. The molecule has 0 spiro atoms. The molecule has 1 aromatic heterocycles. The minimum atomic E-state index is -0.945. The van der Waals surface area contributed by atoms with E-state index in [9.17, 15) is 9.00 Å². The summed E-state index contributed by atoms with van der Waals surface area (Å²) in [6, 6.07) is 3.27. The van der Waals surface area contributed by atoms with Crippen molar-refractivity contribution in [2.24, 2.45) is 0 Å². The fraction of sp³-hybridized carbons (Fsp3) is 0.500. The summed E-state index contributed by atoms with van der Waals surface area (Å²) in [5, 5.41) is 2.67. The summed E-state index contributed by atoms with van der Waals surface area (Å²) in [6.07, 6.45) is 2.34. The normalized spacial score (nSPS) is 13.9. The van der Waals surface area contributed by atoms with Crippen LogP contribution >= 0.6 is 0 Å². The standard InChI is InChI=1S/C12H19N3O2S/c1-4-10-5-9(6-11(13)15-10)12(16)14-7-8(2)18(3)17/h5-6,8H,4,7H2,1-3H3,(H2,13,15)(H,14,16). The molecule has 5 nitrogen and oxygen atoms in total. The number of pyridine rings is 1. The molecule has 0 saturated carbocycles. The van der Waals surface area contributed by atoms with Gasteiger partial charge in [-0.1, -0.05) is 6.92 Å². The van der Waals surface area contributed by atoms with Gasteiger partial charge in [-0.05, 0) is 25.5 Å². The average Bonchev–Trinajstić information content (AvgIpc) is 2.34. The maximum Gasteiger partial charge on any atom is 0.251 e. The van der Waals surface area contributed by atoms with Gasteiger partial charge < -0.3 is 11.1 Å². The molecule has 6 heteroatoms. The van der Waals surface area contributed by atoms with Gasteiger partial charge in [0.05, 0.1) is 0 Å². The highest BCUT2D eigenvalue weighted by Gasteiger charge is 2.11. The Bertz CT molecular complexity index is 463. The Morgan fingerprint density at radius 2 is 2.22 bits per heavy atom. The molecule has 1 aromatic rings. The summed E-state index contributed by atoms with van der Waals surface area (Å²) in [5.41, 5.74) is 6.92. The number of aryl methyl sites for hydroxylation is 1. The van der Waals surface area contributed by atoms with E-state index in [4.69, 9.17) is 5.73 Å². The van der Waals surface area contributed by atoms with Crippen molar-refractivity contribution in [1.29, 1.82) is 0 Å². The predicted octanol–water partition coefficient (Wildman–Crippen LogP) is 0.723. The van der Waals surface area contributed by atoms with Crippen LogP contribution in [0.5, 0.6) is 0 Å². The number of rotatable bonds is 5. The van der Waals surface area contributed by atoms with Crippen molar-refractivity contribution < 1.29 is 9.00 Å². The van der Waals surface area contributed by atoms with Crippen molar-refractivity contribution in [1.82, 2.24) is 10.3 Å². The number of nitrogen functional groups attached to an aromatic ring is 1. The first-order chi connectivity index (χ1) is 8.43. The van der Waals surface area contributed by atoms with Crippen molar-refractivity contribution in [2.45, 2.75) is 25.5 Å². The zero-order chi connectivity index (χ0) is 13.7. The first kappa shape index (κ1) is 14.6. The van der Waals surface area contributed by atoms with Gasteiger partial charge in [0.1, 0.15) is 5.82 Å². The van der Waals surface area contributed by atoms with Gasteiger partial charge in [-0.15, -0.1) is 0 Å². The topological polar surface area (TPSA) is 85.1 Å². The van der Waals surface area contributed by atoms with Crippen molar-refractivity contribution in [3.05, 3.63) is 23.4 Å². The van der Waals surface area contributed by atoms with Crippen molar-refractivity contribution >= 4 is 22.5 Å². The Labute approximate surface area is 110 Å². The monoisotopic (exact) mass is 269 g/mol. The number of hydrogen-bond donors (Lipinski definition) is 2. The van der Waals surface area contributed by atoms with E-state index < -0.39 is 10.8 Å². The molecule has 1 amide bonds. The van der Waals surface area contributed by atoms with E-state index in [1.54, 1.807) is 18.4 Å². The number of nitrogens with two attached hydrogens (primary N) is 1. The molecule has 0 fully saturated rings. The van der Waals surface area contributed by atoms with Gasteiger partial charge in [0, 0.05) is 40.1 Å². The van der Waals surface area contributed by atoms with Crippen LogP contribution < -0.4 is 11.1 Å². The van der Waals surface area contributed by atoms with Crippen LogP contribution in [0.2, 0.25) is 0 Å². The first-order valence-electron chi connectivity index (χ1n) is 5.81. The molecule has 2 unspecified atom stereocenters. The molecule has 0 aromatic carbocycles. The molecule has 3 N–H and O–H groups in total. The van der Waals surface area contributed by atoms with Crippen LogP contribution in [0.1, 0.15) is 29.9 Å². The SMILES string of the molecule is CCc1cc(C(=O)NCC(C)S(C)=O)cc(N)n1. The van der Waals surface area contributed by atoms with E-state index in [-0.39, 0.29) is 11.2 Å². The third kappa shape index (κ3) is 4.10. The first-order valence-corrected chi connectivity index (χ1v) is 7.43. The van der Waals surface area contributed by atoms with Gasteiger partial charge in [-0.25, -0.2) is 4.98 Å². The summed E-state index contributed by atoms with van der Waals surface area (Å²) < 4.78 is 11.2. The Balaban J connectivity index is 2.72. The van der Waals surface area contributed by atoms with Crippen LogP contribution in [0.25, 0.3) is 0 Å². The maximum atomic E-state index is 11.9. The van der Waals surface area contributed by atoms with Crippen LogP contribution in [-0.2, 0) is 17.2 Å². The highest BCUT2D eigenvalue weighted by atomic mass is 32.2. The van der Waals surface area contributed by atoms with Crippen LogP contribution in [-0.4, -0.2) is 33.2 Å². The minimum absolute atomic E-state index is 0.0706. The summed E-state index contributed by atoms with van der Waals surface area (Å²) in [7, 11) is -0.945. The van der Waals surface area contributed by atoms with Crippen molar-refractivity contribution in [3.8, 4) is 0 Å². The van der Waals surface area contributed by atoms with Gasteiger partial charge >= 0.3 is 0 Å². The van der Waals surface area contributed by atoms with Crippen LogP contribution in [0.15, 0.2) is 12.1 Å². The third-order valence-corrected chi connectivity index (χ3v) is 3.94. The minimum Gasteiger partial charge on any atom is -0.384 e. The highest BCUT2D eigenvalue weighted by Crippen LogP contribution is 2.08. The van der Waals surface area contributed by atoms with E-state index in [2.05, 4.69) is 10.3 Å². The largest absolute Gasteiger partial charge is 0.384 e. The number of amides is 1. The molecular formula is C12H19N3O2S. The summed E-state index contributed by atoms with van der Waals surface area (Å²) in [5.74, 6) is 0.128. The molecule has 0 radical (unpaired) electrons. The number of nitrogens with zero attached hydrogens (tertiary/aromatic N) is 1. The molecule has 0 aliphatic rings. The molecule has 18 heavy (non-hydrogen) atoms. The highest BCUT2D eigenvalue weighted by molar-refractivity contribution is 7.84. The number of aromatic nitrogens is 1. The average molecular weight is 269 g/mol. The number of hydrogen-bond acceptors (Lipinski definition) is 4. The van der Waals surface area contributed by atoms with Gasteiger partial charge in [0.25, 0.3) is 5.91 Å². The Morgan fingerprint density at radius 1 is 1.56 bits per heavy atom. The third-order valence-electron chi connectivity index (χ3n) is 2.64. The van der Waals surface area contributed by atoms with Crippen LogP contribution in [0.3, 0.4) is 0 Å². The number of carbonyl (C=O) groups excluding carboxylic acids is 1. The lowest BCUT2D eigenvalue weighted by Gasteiger charge is -2.10. The second-order valence-electron chi connectivity index (χ2n) is 4.14.